The van der Waals surface area contributed by atoms with E-state index in [9.17, 15) is 44.7 Å². The molecule has 5 aromatic carbocycles. The van der Waals surface area contributed by atoms with Gasteiger partial charge in [-0.3, -0.25) is 9.59 Å². The molecule has 1 fully saturated rings. The van der Waals surface area contributed by atoms with Crippen LogP contribution in [0.15, 0.2) is 136 Å². The molecule has 3 N–H and O–H groups in total. The number of aliphatic hydroxyl groups is 1. The Morgan fingerprint density at radius 1 is 0.836 bits per heavy atom. The third-order valence-corrected chi connectivity index (χ3v) is 17.2. The average Bonchev–Trinajstić information content (AvgIpc) is 3.38. The number of ether oxygens (including phenoxy) is 1. The zero-order chi connectivity index (χ0) is 52.6. The van der Waals surface area contributed by atoms with Gasteiger partial charge in [-0.2, -0.15) is 13.2 Å². The lowest BCUT2D eigenvalue weighted by molar-refractivity contribution is -0.143. The third kappa shape index (κ3) is 16.4. The zero-order valence-electron chi connectivity index (χ0n) is 41.0. The number of halogens is 4. The first kappa shape index (κ1) is 57.2. The molecule has 2 atom stereocenters. The van der Waals surface area contributed by atoms with Gasteiger partial charge in [0, 0.05) is 52.5 Å². The van der Waals surface area contributed by atoms with Gasteiger partial charge >= 0.3 is 11.5 Å². The maximum atomic E-state index is 14.3. The van der Waals surface area contributed by atoms with Crippen LogP contribution in [0.25, 0.3) is 11.1 Å². The summed E-state index contributed by atoms with van der Waals surface area (Å²) in [5.41, 5.74) is -2.79. The highest BCUT2D eigenvalue weighted by Crippen LogP contribution is 2.39. The fraction of sp³-hybridized carbons (Fsp3) is 0.407. The molecular weight excluding hydrogens is 1020 g/mol. The standard InChI is InChI=1S/C54H64ClF3N4O8S3/c1-3-70-51(63)19-11-6-4-5-7-14-33-61(2)34-32-43(38-71-45-15-9-8-10-16-45)59-49-29-28-46(37-50(49)72(66,67)54(56,57)58)73(68,69)60-53(65)41-22-26-44(27-23-41)62-35-30-40(31-36-62)52(64)48-18-13-12-17-47(48)39-20-24-42(55)25-21-39/h8-10,12-13,15-18,20-29,37,40,43,52,59,64H,3-7,11,14,19,30-36,38H2,1-2H3,(H,60,65)/t43-,52-/m1/s1. The molecule has 0 radical (unpaired) electrons. The first-order valence-electron chi connectivity index (χ1n) is 24.6. The van der Waals surface area contributed by atoms with E-state index in [1.807, 2.05) is 90.6 Å². The minimum Gasteiger partial charge on any atom is -0.466 e. The number of sulfone groups is 1. The molecule has 1 aliphatic heterocycles. The summed E-state index contributed by atoms with van der Waals surface area (Å²) in [5, 5.41) is 15.2. The molecule has 0 unspecified atom stereocenters. The Bertz CT molecular complexity index is 2800. The number of carbonyl (C=O) groups is 2. The number of anilines is 2. The van der Waals surface area contributed by atoms with Crippen molar-refractivity contribution >= 4 is 66.5 Å². The number of amides is 1. The molecule has 0 bridgehead atoms. The van der Waals surface area contributed by atoms with Crippen molar-refractivity contribution in [1.82, 2.24) is 9.62 Å². The van der Waals surface area contributed by atoms with Crippen molar-refractivity contribution in [2.24, 2.45) is 5.92 Å². The predicted molar refractivity (Wildman–Crippen MR) is 283 cm³/mol. The summed E-state index contributed by atoms with van der Waals surface area (Å²) in [7, 11) is -9.06. The van der Waals surface area contributed by atoms with Crippen molar-refractivity contribution in [2.45, 2.75) is 103 Å². The van der Waals surface area contributed by atoms with Gasteiger partial charge in [0.25, 0.3) is 25.8 Å². The number of sulfonamides is 1. The fourth-order valence-corrected chi connectivity index (χ4v) is 11.9. The molecule has 1 heterocycles. The van der Waals surface area contributed by atoms with E-state index in [0.29, 0.717) is 68.8 Å². The lowest BCUT2D eigenvalue weighted by Crippen LogP contribution is -2.36. The lowest BCUT2D eigenvalue weighted by atomic mass is 9.84. The van der Waals surface area contributed by atoms with Crippen molar-refractivity contribution < 1.29 is 49.4 Å². The van der Waals surface area contributed by atoms with Gasteiger partial charge in [0.2, 0.25) is 0 Å². The van der Waals surface area contributed by atoms with Gasteiger partial charge in [0.15, 0.2) is 0 Å². The summed E-state index contributed by atoms with van der Waals surface area (Å²) in [4.78, 5) is 27.9. The summed E-state index contributed by atoms with van der Waals surface area (Å²) in [6, 6.07) is 32.5. The molecule has 0 aliphatic carbocycles. The molecule has 5 aromatic rings. The van der Waals surface area contributed by atoms with E-state index in [0.717, 1.165) is 84.5 Å². The second-order valence-electron chi connectivity index (χ2n) is 18.2. The van der Waals surface area contributed by atoms with Crippen molar-refractivity contribution in [2.75, 3.05) is 55.8 Å². The van der Waals surface area contributed by atoms with Crippen LogP contribution in [0.4, 0.5) is 24.5 Å². The molecule has 0 spiro atoms. The average molecular weight is 1090 g/mol. The highest BCUT2D eigenvalue weighted by Gasteiger charge is 2.48. The van der Waals surface area contributed by atoms with Gasteiger partial charge in [0.05, 0.1) is 23.3 Å². The fourth-order valence-electron chi connectivity index (χ4n) is 8.78. The van der Waals surface area contributed by atoms with Gasteiger partial charge in [-0.25, -0.2) is 21.6 Å². The topological polar surface area (TPSA) is 162 Å². The number of aliphatic hydroxyl groups excluding tert-OH is 1. The SMILES string of the molecule is CCOC(=O)CCCCCCCCN(C)CC[C@H](CSc1ccccc1)Nc1ccc(S(=O)(=O)NC(=O)c2ccc(N3CCC([C@@H](O)c4ccccc4-c4ccc(Cl)cc4)CC3)cc2)cc1S(=O)(=O)C(F)(F)F. The Morgan fingerprint density at radius 3 is 2.15 bits per heavy atom. The third-order valence-electron chi connectivity index (χ3n) is 12.9. The number of benzene rings is 5. The van der Waals surface area contributed by atoms with Crippen molar-refractivity contribution in [3.8, 4) is 11.1 Å². The van der Waals surface area contributed by atoms with E-state index < -0.39 is 58.9 Å². The molecule has 12 nitrogen and oxygen atoms in total. The number of piperidine rings is 1. The Labute approximate surface area is 437 Å². The number of hydrogen-bond acceptors (Lipinski definition) is 12. The van der Waals surface area contributed by atoms with Gasteiger partial charge in [-0.05, 0) is 149 Å². The molecule has 394 valence electrons. The highest BCUT2D eigenvalue weighted by atomic mass is 35.5. The highest BCUT2D eigenvalue weighted by molar-refractivity contribution is 7.99. The monoisotopic (exact) mass is 1080 g/mol. The second kappa shape index (κ2) is 26.9. The molecule has 0 saturated carbocycles. The van der Waals surface area contributed by atoms with Gasteiger partial charge in [-0.15, -0.1) is 11.8 Å². The van der Waals surface area contributed by atoms with Crippen LogP contribution in [0.5, 0.6) is 0 Å². The molecule has 6 rings (SSSR count). The Morgan fingerprint density at radius 2 is 1.48 bits per heavy atom. The minimum atomic E-state index is -6.10. The summed E-state index contributed by atoms with van der Waals surface area (Å²) in [5.74, 6) is -0.933. The number of thioether (sulfide) groups is 1. The molecule has 1 amide bonds. The van der Waals surface area contributed by atoms with Gasteiger partial charge < -0.3 is 25.0 Å². The van der Waals surface area contributed by atoms with Crippen LogP contribution < -0.4 is 14.9 Å². The first-order valence-corrected chi connectivity index (χ1v) is 28.9. The summed E-state index contributed by atoms with van der Waals surface area (Å²) < 4.78 is 103. The van der Waals surface area contributed by atoms with Crippen LogP contribution in [0.1, 0.15) is 93.2 Å². The Balaban J connectivity index is 1.08. The van der Waals surface area contributed by atoms with E-state index in [2.05, 4.69) is 15.1 Å². The van der Waals surface area contributed by atoms with Crippen molar-refractivity contribution in [1.29, 1.82) is 0 Å². The number of hydrogen-bond donors (Lipinski definition) is 3. The lowest BCUT2D eigenvalue weighted by Gasteiger charge is -2.36. The van der Waals surface area contributed by atoms with Gasteiger partial charge in [-0.1, -0.05) is 91.9 Å². The normalized spacial score (nSPS) is 14.4. The summed E-state index contributed by atoms with van der Waals surface area (Å²) in [6.45, 7) is 4.64. The quantitative estimate of drug-likeness (QED) is 0.0273. The number of esters is 1. The maximum Gasteiger partial charge on any atom is 0.501 e. The van der Waals surface area contributed by atoms with E-state index in [1.165, 1.54) is 23.9 Å². The largest absolute Gasteiger partial charge is 0.501 e. The van der Waals surface area contributed by atoms with Crippen LogP contribution in [-0.2, 0) is 29.4 Å². The number of unbranched alkanes of at least 4 members (excludes halogenated alkanes) is 5. The maximum absolute atomic E-state index is 14.3. The van der Waals surface area contributed by atoms with E-state index in [1.54, 1.807) is 19.1 Å². The second-order valence-corrected chi connectivity index (χ2v) is 23.3. The van der Waals surface area contributed by atoms with E-state index in [-0.39, 0.29) is 17.5 Å². The molecule has 1 aliphatic rings. The summed E-state index contributed by atoms with van der Waals surface area (Å²) >= 11 is 7.55. The molecular formula is C54H64ClF3N4O8S3. The van der Waals surface area contributed by atoms with E-state index >= 15 is 0 Å². The molecule has 1 saturated heterocycles. The van der Waals surface area contributed by atoms with Crippen molar-refractivity contribution in [3.05, 3.63) is 137 Å². The number of alkyl halides is 3. The molecule has 73 heavy (non-hydrogen) atoms. The molecule has 19 heteroatoms. The van der Waals surface area contributed by atoms with Crippen LogP contribution in [0, 0.1) is 5.92 Å². The van der Waals surface area contributed by atoms with Crippen LogP contribution in [0.3, 0.4) is 0 Å². The van der Waals surface area contributed by atoms with Gasteiger partial charge in [0.1, 0.15) is 4.90 Å². The van der Waals surface area contributed by atoms with Crippen LogP contribution in [-0.4, -0.2) is 95.9 Å². The van der Waals surface area contributed by atoms with Crippen LogP contribution >= 0.6 is 23.4 Å². The first-order chi connectivity index (χ1) is 34.9. The Hall–Kier alpha value is -5.11. The smallest absolute Gasteiger partial charge is 0.466 e. The summed E-state index contributed by atoms with van der Waals surface area (Å²) in [6.07, 6.45) is 7.06. The van der Waals surface area contributed by atoms with E-state index in [4.69, 9.17) is 16.3 Å². The number of rotatable bonds is 26. The molecule has 0 aromatic heterocycles. The number of nitrogens with zero attached hydrogens (tertiary/aromatic N) is 2. The predicted octanol–water partition coefficient (Wildman–Crippen LogP) is 11.6. The zero-order valence-corrected chi connectivity index (χ0v) is 44.2. The Kier molecular flexibility index (Phi) is 21.1. The van der Waals surface area contributed by atoms with Crippen LogP contribution in [0.2, 0.25) is 5.02 Å². The van der Waals surface area contributed by atoms with Crippen molar-refractivity contribution in [3.63, 3.8) is 0 Å². The minimum absolute atomic E-state index is 0.0250. The number of carbonyl (C=O) groups excluding carboxylic acids is 2. The number of nitrogens with one attached hydrogen (secondary N) is 2.